The van der Waals surface area contributed by atoms with Crippen LogP contribution in [0.15, 0.2) is 10.4 Å². The zero-order valence-corrected chi connectivity index (χ0v) is 18.6. The quantitative estimate of drug-likeness (QED) is 0.226. The van der Waals surface area contributed by atoms with Gasteiger partial charge in [-0.1, -0.05) is 13.8 Å². The van der Waals surface area contributed by atoms with E-state index in [0.29, 0.717) is 5.92 Å². The van der Waals surface area contributed by atoms with Gasteiger partial charge in [0.2, 0.25) is 0 Å². The van der Waals surface area contributed by atoms with Crippen LogP contribution in [0.25, 0.3) is 0 Å². The topological polar surface area (TPSA) is 58.5 Å². The van der Waals surface area contributed by atoms with Crippen LogP contribution in [0.2, 0.25) is 0 Å². The lowest BCUT2D eigenvalue weighted by atomic mass is 10.2. The number of ether oxygens (including phenoxy) is 1. The molecule has 0 unspecified atom stereocenters. The first-order valence-corrected chi connectivity index (χ1v) is 9.43. The molecule has 1 heterocycles. The van der Waals surface area contributed by atoms with Crippen LogP contribution in [-0.4, -0.2) is 44.3 Å². The molecular weight excluding hydrogens is 435 g/mol. The molecule has 0 saturated carbocycles. The van der Waals surface area contributed by atoms with Crippen LogP contribution in [0.3, 0.4) is 0 Å². The smallest absolute Gasteiger partial charge is 0.190 e. The van der Waals surface area contributed by atoms with E-state index in [-0.39, 0.29) is 24.0 Å². The monoisotopic (exact) mass is 468 g/mol. The minimum absolute atomic E-state index is 0. The Bertz CT molecular complexity index is 452. The summed E-state index contributed by atoms with van der Waals surface area (Å²) in [5, 5.41) is 10.0. The lowest BCUT2D eigenvalue weighted by molar-refractivity contribution is 0.108. The summed E-state index contributed by atoms with van der Waals surface area (Å²) in [4.78, 5) is 8.72. The average Bonchev–Trinajstić information content (AvgIpc) is 2.93. The second-order valence-electron chi connectivity index (χ2n) is 6.09. The van der Waals surface area contributed by atoms with Gasteiger partial charge < -0.3 is 15.4 Å². The predicted molar refractivity (Wildman–Crippen MR) is 115 cm³/mol. The summed E-state index contributed by atoms with van der Waals surface area (Å²) in [5.41, 5.74) is 1.13. The first-order chi connectivity index (χ1) is 11.1. The lowest BCUT2D eigenvalue weighted by Crippen LogP contribution is -2.38. The van der Waals surface area contributed by atoms with Crippen molar-refractivity contribution in [1.29, 1.82) is 0 Å². The molecule has 1 aromatic heterocycles. The number of halogens is 1. The highest BCUT2D eigenvalue weighted by molar-refractivity contribution is 14.0. The third-order valence-electron chi connectivity index (χ3n) is 3.21. The molecule has 0 radical (unpaired) electrons. The Labute approximate surface area is 168 Å². The van der Waals surface area contributed by atoms with Crippen LogP contribution in [0.5, 0.6) is 0 Å². The van der Waals surface area contributed by atoms with Gasteiger partial charge >= 0.3 is 0 Å². The highest BCUT2D eigenvalue weighted by Crippen LogP contribution is 2.11. The minimum atomic E-state index is 0. The first kappa shape index (κ1) is 23.6. The number of nitrogens with zero attached hydrogens (tertiary/aromatic N) is 2. The Kier molecular flexibility index (Phi) is 14.6. The molecule has 0 aliphatic carbocycles. The van der Waals surface area contributed by atoms with Crippen molar-refractivity contribution in [3.63, 3.8) is 0 Å². The third kappa shape index (κ3) is 12.0. The predicted octanol–water partition coefficient (Wildman–Crippen LogP) is 3.62. The zero-order chi connectivity index (χ0) is 16.9. The number of aryl methyl sites for hydroxylation is 2. The summed E-state index contributed by atoms with van der Waals surface area (Å²) in [7, 11) is 1.81. The maximum atomic E-state index is 5.56. The summed E-state index contributed by atoms with van der Waals surface area (Å²) in [6.45, 7) is 9.84. The maximum absolute atomic E-state index is 5.56. The summed E-state index contributed by atoms with van der Waals surface area (Å²) in [6.07, 6.45) is 4.34. The van der Waals surface area contributed by atoms with Crippen molar-refractivity contribution < 1.29 is 4.74 Å². The molecule has 0 saturated heterocycles. The van der Waals surface area contributed by atoms with Crippen LogP contribution in [0.4, 0.5) is 0 Å². The van der Waals surface area contributed by atoms with Gasteiger partial charge in [0.1, 0.15) is 0 Å². The van der Waals surface area contributed by atoms with Crippen LogP contribution in [-0.2, 0) is 11.2 Å². The second kappa shape index (κ2) is 14.9. The number of nitrogens with one attached hydrogen (secondary N) is 2. The summed E-state index contributed by atoms with van der Waals surface area (Å²) < 4.78 is 5.56. The number of thiazole rings is 1. The molecule has 0 aliphatic rings. The van der Waals surface area contributed by atoms with Crippen molar-refractivity contribution in [1.82, 2.24) is 15.6 Å². The van der Waals surface area contributed by atoms with Crippen molar-refractivity contribution in [2.45, 2.75) is 46.5 Å². The van der Waals surface area contributed by atoms with Gasteiger partial charge in [0, 0.05) is 44.4 Å². The van der Waals surface area contributed by atoms with Crippen molar-refractivity contribution >= 4 is 41.3 Å². The standard InChI is InChI=1S/C17H32N4OS.HI/c1-14(2)12-22-11-7-10-20-17(18-4)19-9-6-5-8-16-21-15(3)13-23-16;/h13-14H,5-12H2,1-4H3,(H2,18,19,20);1H. The number of guanidine groups is 1. The van der Waals surface area contributed by atoms with Crippen LogP contribution in [0.1, 0.15) is 43.8 Å². The summed E-state index contributed by atoms with van der Waals surface area (Å²) in [5.74, 6) is 1.48. The van der Waals surface area contributed by atoms with Gasteiger partial charge in [-0.3, -0.25) is 4.99 Å². The number of aliphatic imine (C=N–C) groups is 1. The number of hydrogen-bond acceptors (Lipinski definition) is 4. The molecule has 140 valence electrons. The summed E-state index contributed by atoms with van der Waals surface area (Å²) >= 11 is 1.76. The van der Waals surface area contributed by atoms with Gasteiger partial charge in [-0.15, -0.1) is 35.3 Å². The SMILES string of the molecule is CN=C(NCCCCc1nc(C)cs1)NCCCOCC(C)C.I. The molecule has 0 bridgehead atoms. The Hall–Kier alpha value is -0.410. The zero-order valence-electron chi connectivity index (χ0n) is 15.4. The second-order valence-corrected chi connectivity index (χ2v) is 7.03. The highest BCUT2D eigenvalue weighted by atomic mass is 127. The molecule has 7 heteroatoms. The van der Waals surface area contributed by atoms with Gasteiger partial charge in [0.05, 0.1) is 5.01 Å². The fourth-order valence-corrected chi connectivity index (χ4v) is 2.86. The molecule has 1 aromatic rings. The molecule has 2 N–H and O–H groups in total. The van der Waals surface area contributed by atoms with Crippen LogP contribution < -0.4 is 10.6 Å². The highest BCUT2D eigenvalue weighted by Gasteiger charge is 2.00. The van der Waals surface area contributed by atoms with Crippen molar-refractivity contribution in [3.8, 4) is 0 Å². The number of rotatable bonds is 11. The van der Waals surface area contributed by atoms with Gasteiger partial charge in [-0.2, -0.15) is 0 Å². The van der Waals surface area contributed by atoms with E-state index in [1.165, 1.54) is 5.01 Å². The van der Waals surface area contributed by atoms with Crippen molar-refractivity contribution in [2.24, 2.45) is 10.9 Å². The number of aromatic nitrogens is 1. The van der Waals surface area contributed by atoms with E-state index in [4.69, 9.17) is 4.74 Å². The van der Waals surface area contributed by atoms with E-state index in [1.54, 1.807) is 11.3 Å². The number of hydrogen-bond donors (Lipinski definition) is 2. The van der Waals surface area contributed by atoms with E-state index in [1.807, 2.05) is 14.0 Å². The molecule has 0 aliphatic heterocycles. The van der Waals surface area contributed by atoms with Crippen LogP contribution >= 0.6 is 35.3 Å². The van der Waals surface area contributed by atoms with Crippen LogP contribution in [0, 0.1) is 12.8 Å². The Morgan fingerprint density at radius 3 is 2.54 bits per heavy atom. The Balaban J connectivity index is 0.00000529. The molecule has 0 atom stereocenters. The minimum Gasteiger partial charge on any atom is -0.381 e. The van der Waals surface area contributed by atoms with Gasteiger partial charge in [0.15, 0.2) is 5.96 Å². The molecule has 5 nitrogen and oxygen atoms in total. The largest absolute Gasteiger partial charge is 0.381 e. The average molecular weight is 468 g/mol. The Morgan fingerprint density at radius 1 is 1.25 bits per heavy atom. The van der Waals surface area contributed by atoms with E-state index < -0.39 is 0 Å². The molecule has 0 amide bonds. The fourth-order valence-electron chi connectivity index (χ4n) is 2.05. The van der Waals surface area contributed by atoms with Crippen molar-refractivity contribution in [3.05, 3.63) is 16.1 Å². The molecule has 0 fully saturated rings. The molecule has 0 spiro atoms. The number of unbranched alkanes of at least 4 members (excludes halogenated alkanes) is 1. The first-order valence-electron chi connectivity index (χ1n) is 8.55. The van der Waals surface area contributed by atoms with Gasteiger partial charge in [0.25, 0.3) is 0 Å². The molecule has 24 heavy (non-hydrogen) atoms. The molecule has 1 rings (SSSR count). The third-order valence-corrected chi connectivity index (χ3v) is 4.24. The van der Waals surface area contributed by atoms with Gasteiger partial charge in [-0.05, 0) is 38.5 Å². The molecule has 0 aromatic carbocycles. The van der Waals surface area contributed by atoms with Crippen molar-refractivity contribution in [2.75, 3.05) is 33.4 Å². The van der Waals surface area contributed by atoms with E-state index >= 15 is 0 Å². The fraction of sp³-hybridized carbons (Fsp3) is 0.765. The lowest BCUT2D eigenvalue weighted by Gasteiger charge is -2.12. The molecular formula is C17H33IN4OS. The normalized spacial score (nSPS) is 11.5. The Morgan fingerprint density at radius 2 is 1.96 bits per heavy atom. The van der Waals surface area contributed by atoms with E-state index in [0.717, 1.165) is 63.6 Å². The van der Waals surface area contributed by atoms with Gasteiger partial charge in [-0.25, -0.2) is 4.98 Å². The maximum Gasteiger partial charge on any atom is 0.190 e. The van der Waals surface area contributed by atoms with E-state index in [9.17, 15) is 0 Å². The summed E-state index contributed by atoms with van der Waals surface area (Å²) in [6, 6.07) is 0. The van der Waals surface area contributed by atoms with E-state index in [2.05, 4.69) is 39.8 Å².